The fourth-order valence-electron chi connectivity index (χ4n) is 2.76. The van der Waals surface area contributed by atoms with Gasteiger partial charge in [-0.2, -0.15) is 0 Å². The monoisotopic (exact) mass is 295 g/mol. The third kappa shape index (κ3) is 3.29. The Balaban J connectivity index is 0.000000956. The Morgan fingerprint density at radius 3 is 2.35 bits per heavy atom. The van der Waals surface area contributed by atoms with Gasteiger partial charge < -0.3 is 10.4 Å². The summed E-state index contributed by atoms with van der Waals surface area (Å²) in [6, 6.07) is 3.92. The van der Waals surface area contributed by atoms with Gasteiger partial charge in [0, 0.05) is 18.3 Å². The molecule has 112 valence electrons. The smallest absolute Gasteiger partial charge is 0.143 e. The van der Waals surface area contributed by atoms with Crippen LogP contribution in [0.25, 0.3) is 5.70 Å². The molecule has 0 aromatic heterocycles. The van der Waals surface area contributed by atoms with E-state index in [1.54, 1.807) is 7.05 Å². The first-order valence-electron chi connectivity index (χ1n) is 7.38. The molecule has 3 heteroatoms. The number of rotatable bonds is 3. The summed E-state index contributed by atoms with van der Waals surface area (Å²) >= 11 is 6.14. The molecule has 1 aromatic carbocycles. The summed E-state index contributed by atoms with van der Waals surface area (Å²) in [7, 11) is 1.79. The molecule has 2 nitrogen and oxygen atoms in total. The van der Waals surface area contributed by atoms with Gasteiger partial charge in [0.15, 0.2) is 0 Å². The van der Waals surface area contributed by atoms with Gasteiger partial charge in [-0.05, 0) is 36.0 Å². The van der Waals surface area contributed by atoms with E-state index in [0.717, 1.165) is 0 Å². The lowest BCUT2D eigenvalue weighted by Gasteiger charge is -2.26. The lowest BCUT2D eigenvalue weighted by molar-refractivity contribution is 0.467. The van der Waals surface area contributed by atoms with Crippen LogP contribution >= 0.6 is 11.6 Å². The van der Waals surface area contributed by atoms with Gasteiger partial charge in [-0.3, -0.25) is 0 Å². The van der Waals surface area contributed by atoms with Crippen molar-refractivity contribution in [1.29, 1.82) is 0 Å². The molecule has 0 saturated heterocycles. The van der Waals surface area contributed by atoms with E-state index in [0.29, 0.717) is 16.3 Å². The molecule has 1 aromatic rings. The van der Waals surface area contributed by atoms with Crippen molar-refractivity contribution in [1.82, 2.24) is 5.32 Å². The number of halogens is 1. The van der Waals surface area contributed by atoms with Crippen molar-refractivity contribution in [3.05, 3.63) is 34.9 Å². The Morgan fingerprint density at radius 2 is 1.85 bits per heavy atom. The summed E-state index contributed by atoms with van der Waals surface area (Å²) in [4.78, 5) is 0. The summed E-state index contributed by atoms with van der Waals surface area (Å²) in [6.45, 7) is 10.2. The fourth-order valence-corrected chi connectivity index (χ4v) is 2.98. The highest BCUT2D eigenvalue weighted by Crippen LogP contribution is 2.44. The molecule has 2 rings (SSSR count). The van der Waals surface area contributed by atoms with Crippen LogP contribution in [0.4, 0.5) is 0 Å². The van der Waals surface area contributed by atoms with Gasteiger partial charge in [-0.15, -0.1) is 0 Å². The minimum absolute atomic E-state index is 0.112. The zero-order valence-corrected chi connectivity index (χ0v) is 13.8. The average Bonchev–Trinajstić information content (AvgIpc) is 2.91. The second kappa shape index (κ2) is 7.03. The van der Waals surface area contributed by atoms with E-state index in [4.69, 9.17) is 11.6 Å². The van der Waals surface area contributed by atoms with Crippen LogP contribution in [0.1, 0.15) is 57.6 Å². The van der Waals surface area contributed by atoms with Crippen molar-refractivity contribution < 1.29 is 5.11 Å². The van der Waals surface area contributed by atoms with Crippen LogP contribution in [0.3, 0.4) is 0 Å². The zero-order valence-electron chi connectivity index (χ0n) is 13.0. The largest absolute Gasteiger partial charge is 0.506 e. The Hall–Kier alpha value is -1.15. The Bertz CT molecular complexity index is 476. The fraction of sp³-hybridized carbons (Fsp3) is 0.529. The molecule has 2 N–H and O–H groups in total. The van der Waals surface area contributed by atoms with Crippen LogP contribution in [0.5, 0.6) is 5.75 Å². The third-order valence-corrected chi connectivity index (χ3v) is 4.38. The van der Waals surface area contributed by atoms with Gasteiger partial charge in [0.1, 0.15) is 5.75 Å². The molecule has 1 aliphatic carbocycles. The molecular formula is C17H26ClNO. The molecule has 0 radical (unpaired) electrons. The summed E-state index contributed by atoms with van der Waals surface area (Å²) in [5.41, 5.74) is 2.78. The SMILES string of the molecule is C=C(NC)c1cc(C2(C)CCCC2)cc(Cl)c1O.CC. The summed E-state index contributed by atoms with van der Waals surface area (Å²) in [6.07, 6.45) is 4.88. The number of phenols is 1. The maximum absolute atomic E-state index is 10.0. The molecule has 0 atom stereocenters. The van der Waals surface area contributed by atoms with Crippen molar-refractivity contribution in [3.8, 4) is 5.75 Å². The van der Waals surface area contributed by atoms with Gasteiger partial charge in [0.2, 0.25) is 0 Å². The highest BCUT2D eigenvalue weighted by Gasteiger charge is 2.31. The van der Waals surface area contributed by atoms with Gasteiger partial charge in [-0.25, -0.2) is 0 Å². The number of benzene rings is 1. The van der Waals surface area contributed by atoms with E-state index in [1.807, 2.05) is 26.0 Å². The van der Waals surface area contributed by atoms with Gasteiger partial charge in [0.25, 0.3) is 0 Å². The maximum atomic E-state index is 10.0. The van der Waals surface area contributed by atoms with E-state index >= 15 is 0 Å². The molecule has 1 fully saturated rings. The van der Waals surface area contributed by atoms with Crippen LogP contribution in [0.15, 0.2) is 18.7 Å². The van der Waals surface area contributed by atoms with Crippen LogP contribution in [-0.2, 0) is 5.41 Å². The quantitative estimate of drug-likeness (QED) is 0.813. The lowest BCUT2D eigenvalue weighted by atomic mass is 9.80. The molecule has 1 aliphatic rings. The lowest BCUT2D eigenvalue weighted by Crippen LogP contribution is -2.17. The predicted octanol–water partition coefficient (Wildman–Crippen LogP) is 5.09. The Labute approximate surface area is 127 Å². The van der Waals surface area contributed by atoms with Crippen LogP contribution in [0.2, 0.25) is 5.02 Å². The van der Waals surface area contributed by atoms with Crippen molar-refractivity contribution in [2.24, 2.45) is 0 Å². The maximum Gasteiger partial charge on any atom is 0.143 e. The summed E-state index contributed by atoms with van der Waals surface area (Å²) in [5, 5.41) is 13.4. The van der Waals surface area contributed by atoms with Crippen molar-refractivity contribution in [3.63, 3.8) is 0 Å². The first kappa shape index (κ1) is 16.9. The minimum Gasteiger partial charge on any atom is -0.506 e. The highest BCUT2D eigenvalue weighted by molar-refractivity contribution is 6.32. The normalized spacial score (nSPS) is 16.2. The standard InChI is InChI=1S/C15H20ClNO.C2H6/c1-10(17-3)12-8-11(9-13(16)14(12)18)15(2)6-4-5-7-15;1-2/h8-9,17-18H,1,4-7H2,2-3H3;1-2H3. The molecule has 0 heterocycles. The van der Waals surface area contributed by atoms with Crippen LogP contribution in [0, 0.1) is 0 Å². The molecule has 0 aliphatic heterocycles. The van der Waals surface area contributed by atoms with E-state index in [2.05, 4.69) is 18.8 Å². The summed E-state index contributed by atoms with van der Waals surface area (Å²) < 4.78 is 0. The Kier molecular flexibility index (Phi) is 5.94. The molecule has 0 bridgehead atoms. The molecule has 1 saturated carbocycles. The highest BCUT2D eigenvalue weighted by atomic mass is 35.5. The zero-order chi connectivity index (χ0) is 15.3. The number of nitrogens with one attached hydrogen (secondary N) is 1. The molecule has 20 heavy (non-hydrogen) atoms. The van der Waals surface area contributed by atoms with E-state index in [1.165, 1.54) is 31.2 Å². The molecule has 0 spiro atoms. The molecule has 0 unspecified atom stereocenters. The number of aromatic hydroxyl groups is 1. The van der Waals surface area contributed by atoms with Crippen molar-refractivity contribution in [2.75, 3.05) is 7.05 Å². The molecule has 0 amide bonds. The van der Waals surface area contributed by atoms with Gasteiger partial charge in [0.05, 0.1) is 5.02 Å². The van der Waals surface area contributed by atoms with Gasteiger partial charge in [-0.1, -0.05) is 51.8 Å². The number of hydrogen-bond acceptors (Lipinski definition) is 2. The number of phenolic OH excluding ortho intramolecular Hbond substituents is 1. The number of hydrogen-bond donors (Lipinski definition) is 2. The van der Waals surface area contributed by atoms with Crippen molar-refractivity contribution in [2.45, 2.75) is 51.9 Å². The second-order valence-corrected chi connectivity index (χ2v) is 5.76. The third-order valence-electron chi connectivity index (χ3n) is 4.09. The van der Waals surface area contributed by atoms with Crippen LogP contribution < -0.4 is 5.32 Å². The second-order valence-electron chi connectivity index (χ2n) is 5.35. The Morgan fingerprint density at radius 1 is 1.30 bits per heavy atom. The average molecular weight is 296 g/mol. The molecular weight excluding hydrogens is 270 g/mol. The minimum atomic E-state index is 0.112. The van der Waals surface area contributed by atoms with E-state index < -0.39 is 0 Å². The first-order valence-corrected chi connectivity index (χ1v) is 7.76. The predicted molar refractivity (Wildman–Crippen MR) is 88.4 cm³/mol. The van der Waals surface area contributed by atoms with Crippen molar-refractivity contribution >= 4 is 17.3 Å². The summed E-state index contributed by atoms with van der Waals surface area (Å²) in [5.74, 6) is 0.112. The van der Waals surface area contributed by atoms with Crippen LogP contribution in [-0.4, -0.2) is 12.2 Å². The first-order chi connectivity index (χ1) is 9.48. The van der Waals surface area contributed by atoms with E-state index in [-0.39, 0.29) is 11.2 Å². The van der Waals surface area contributed by atoms with E-state index in [9.17, 15) is 5.11 Å². The van der Waals surface area contributed by atoms with Gasteiger partial charge >= 0.3 is 0 Å². The topological polar surface area (TPSA) is 32.3 Å².